The summed E-state index contributed by atoms with van der Waals surface area (Å²) in [6, 6.07) is 2.61. The highest BCUT2D eigenvalue weighted by atomic mass is 32.2. The fourth-order valence-electron chi connectivity index (χ4n) is 3.96. The van der Waals surface area contributed by atoms with E-state index in [2.05, 4.69) is 56.1 Å². The van der Waals surface area contributed by atoms with Crippen LogP contribution >= 0.6 is 11.9 Å². The molecule has 3 heterocycles. The third kappa shape index (κ3) is 3.15. The number of aromatic amines is 1. The molecule has 3 atom stereocenters. The van der Waals surface area contributed by atoms with Gasteiger partial charge in [0.05, 0.1) is 11.7 Å². The van der Waals surface area contributed by atoms with Crippen molar-refractivity contribution in [3.05, 3.63) is 24.3 Å². The summed E-state index contributed by atoms with van der Waals surface area (Å²) in [7, 11) is 0. The van der Waals surface area contributed by atoms with Crippen molar-refractivity contribution < 1.29 is 0 Å². The molecule has 1 aliphatic carbocycles. The van der Waals surface area contributed by atoms with E-state index in [0.717, 1.165) is 34.8 Å². The molecule has 0 amide bonds. The van der Waals surface area contributed by atoms with Gasteiger partial charge in [0, 0.05) is 23.9 Å². The number of hydrogen-bond donors (Lipinski definition) is 2. The van der Waals surface area contributed by atoms with Gasteiger partial charge in [-0.05, 0) is 30.7 Å². The van der Waals surface area contributed by atoms with Crippen molar-refractivity contribution in [2.75, 3.05) is 5.75 Å². The number of nitrogens with one attached hydrogen (secondary N) is 2. The zero-order chi connectivity index (χ0) is 17.4. The molecule has 1 fully saturated rings. The predicted molar refractivity (Wildman–Crippen MR) is 103 cm³/mol. The van der Waals surface area contributed by atoms with Crippen LogP contribution in [-0.2, 0) is 0 Å². The maximum absolute atomic E-state index is 4.57. The van der Waals surface area contributed by atoms with Crippen molar-refractivity contribution in [1.29, 1.82) is 0 Å². The summed E-state index contributed by atoms with van der Waals surface area (Å²) in [6.45, 7) is 6.82. The van der Waals surface area contributed by atoms with Crippen LogP contribution in [0.2, 0.25) is 0 Å². The minimum absolute atomic E-state index is 0.442. The molecule has 2 N–H and O–H groups in total. The van der Waals surface area contributed by atoms with Crippen LogP contribution in [0.1, 0.15) is 51.8 Å². The van der Waals surface area contributed by atoms with Crippen LogP contribution in [0.5, 0.6) is 0 Å². The van der Waals surface area contributed by atoms with E-state index in [1.165, 1.54) is 12.8 Å². The van der Waals surface area contributed by atoms with Crippen LogP contribution in [0.4, 0.5) is 0 Å². The predicted octanol–water partition coefficient (Wildman–Crippen LogP) is 3.77. The Hall–Kier alpha value is -1.60. The molecule has 0 spiro atoms. The summed E-state index contributed by atoms with van der Waals surface area (Å²) in [6.07, 6.45) is 7.24. The smallest absolute Gasteiger partial charge is 0.179 e. The Kier molecular flexibility index (Phi) is 4.69. The molecule has 1 saturated carbocycles. The van der Waals surface area contributed by atoms with Gasteiger partial charge in [-0.3, -0.25) is 9.12 Å². The molecule has 0 aliphatic heterocycles. The Morgan fingerprint density at radius 3 is 3.04 bits per heavy atom. The highest BCUT2D eigenvalue weighted by molar-refractivity contribution is 7.97. The lowest BCUT2D eigenvalue weighted by molar-refractivity contribution is 0.449. The molecule has 7 heteroatoms. The second kappa shape index (κ2) is 6.96. The first kappa shape index (κ1) is 16.8. The second-order valence-corrected chi connectivity index (χ2v) is 8.35. The molecule has 3 unspecified atom stereocenters. The lowest BCUT2D eigenvalue weighted by Gasteiger charge is -2.16. The zero-order valence-electron chi connectivity index (χ0n) is 15.1. The first-order valence-electron chi connectivity index (χ1n) is 9.21. The molecule has 0 saturated heterocycles. The van der Waals surface area contributed by atoms with E-state index in [4.69, 9.17) is 0 Å². The number of hydrogen-bond acceptors (Lipinski definition) is 5. The largest absolute Gasteiger partial charge is 0.345 e. The van der Waals surface area contributed by atoms with Gasteiger partial charge in [0.15, 0.2) is 11.3 Å². The molecule has 25 heavy (non-hydrogen) atoms. The van der Waals surface area contributed by atoms with Gasteiger partial charge in [-0.15, -0.1) is 10.2 Å². The van der Waals surface area contributed by atoms with E-state index >= 15 is 0 Å². The molecule has 3 aromatic rings. The Bertz CT molecular complexity index is 854. The van der Waals surface area contributed by atoms with E-state index in [1.54, 1.807) is 6.20 Å². The summed E-state index contributed by atoms with van der Waals surface area (Å²) in [5.74, 6) is 4.05. The molecular formula is C18H26N6S. The molecule has 0 aromatic carbocycles. The van der Waals surface area contributed by atoms with Crippen molar-refractivity contribution in [3.63, 3.8) is 0 Å². The molecular weight excluding hydrogens is 332 g/mol. The summed E-state index contributed by atoms with van der Waals surface area (Å²) in [5, 5.41) is 8.96. The number of aromatic nitrogens is 5. The van der Waals surface area contributed by atoms with Gasteiger partial charge in [0.1, 0.15) is 5.82 Å². The van der Waals surface area contributed by atoms with Crippen LogP contribution in [0.25, 0.3) is 16.8 Å². The number of nitrogens with zero attached hydrogens (tertiary/aromatic N) is 4. The molecule has 0 radical (unpaired) electrons. The zero-order valence-corrected chi connectivity index (χ0v) is 15.9. The second-order valence-electron chi connectivity index (χ2n) is 7.49. The molecule has 4 rings (SSSR count). The van der Waals surface area contributed by atoms with E-state index < -0.39 is 0 Å². The summed E-state index contributed by atoms with van der Waals surface area (Å²) < 4.78 is 5.88. The van der Waals surface area contributed by atoms with Crippen LogP contribution < -0.4 is 4.72 Å². The summed E-state index contributed by atoms with van der Waals surface area (Å²) in [4.78, 5) is 7.61. The van der Waals surface area contributed by atoms with Crippen molar-refractivity contribution in [3.8, 4) is 0 Å². The Labute approximate surface area is 152 Å². The average molecular weight is 359 g/mol. The lowest BCUT2D eigenvalue weighted by atomic mass is 9.93. The first-order valence-corrected chi connectivity index (χ1v) is 10.2. The Morgan fingerprint density at radius 1 is 1.36 bits per heavy atom. The normalized spacial score (nSPS) is 24.1. The van der Waals surface area contributed by atoms with Gasteiger partial charge in [0.2, 0.25) is 0 Å². The van der Waals surface area contributed by atoms with Crippen LogP contribution in [-0.4, -0.2) is 36.4 Å². The van der Waals surface area contributed by atoms with E-state index in [9.17, 15) is 0 Å². The Morgan fingerprint density at radius 2 is 2.24 bits per heavy atom. The van der Waals surface area contributed by atoms with Crippen LogP contribution in [0.3, 0.4) is 0 Å². The third-order valence-corrected chi connectivity index (χ3v) is 6.52. The monoisotopic (exact) mass is 358 g/mol. The van der Waals surface area contributed by atoms with E-state index in [1.807, 2.05) is 18.1 Å². The van der Waals surface area contributed by atoms with Gasteiger partial charge in [-0.25, -0.2) is 4.98 Å². The third-order valence-electron chi connectivity index (χ3n) is 5.18. The fourth-order valence-corrected chi connectivity index (χ4v) is 4.82. The standard InChI is InChI=1S/C18H26N6S/c1-4-12-7-13(23-25-10-11(2)3)8-14(12)18-22-21-16-9-20-17-15(24(16)18)5-6-19-17/h5-6,9,11-14,19,23H,4,7-8,10H2,1-3H3. The van der Waals surface area contributed by atoms with Gasteiger partial charge in [0.25, 0.3) is 0 Å². The maximum Gasteiger partial charge on any atom is 0.179 e. The van der Waals surface area contributed by atoms with Crippen molar-refractivity contribution >= 4 is 28.8 Å². The quantitative estimate of drug-likeness (QED) is 0.656. The highest BCUT2D eigenvalue weighted by Gasteiger charge is 2.37. The first-order chi connectivity index (χ1) is 12.2. The van der Waals surface area contributed by atoms with Crippen LogP contribution in [0.15, 0.2) is 18.5 Å². The van der Waals surface area contributed by atoms with Crippen LogP contribution in [0, 0.1) is 11.8 Å². The summed E-state index contributed by atoms with van der Waals surface area (Å²) in [5.41, 5.74) is 2.79. The molecule has 6 nitrogen and oxygen atoms in total. The van der Waals surface area contributed by atoms with E-state index in [-0.39, 0.29) is 0 Å². The lowest BCUT2D eigenvalue weighted by Crippen LogP contribution is -2.21. The van der Waals surface area contributed by atoms with Crippen molar-refractivity contribution in [2.45, 2.75) is 52.0 Å². The van der Waals surface area contributed by atoms with Crippen molar-refractivity contribution in [2.24, 2.45) is 11.8 Å². The molecule has 1 aliphatic rings. The van der Waals surface area contributed by atoms with Gasteiger partial charge >= 0.3 is 0 Å². The number of H-pyrrole nitrogens is 1. The minimum Gasteiger partial charge on any atom is -0.345 e. The maximum atomic E-state index is 4.57. The molecule has 0 bridgehead atoms. The average Bonchev–Trinajstić information content (AvgIpc) is 3.30. The summed E-state index contributed by atoms with van der Waals surface area (Å²) >= 11 is 1.87. The van der Waals surface area contributed by atoms with Gasteiger partial charge in [-0.2, -0.15) is 0 Å². The van der Waals surface area contributed by atoms with Gasteiger partial charge < -0.3 is 4.98 Å². The molecule has 3 aromatic heterocycles. The number of rotatable bonds is 6. The SMILES string of the molecule is CCC1CC(NSCC(C)C)CC1c1nnc2cnc3[nH]ccc3n12. The highest BCUT2D eigenvalue weighted by Crippen LogP contribution is 2.41. The van der Waals surface area contributed by atoms with Gasteiger partial charge in [-0.1, -0.05) is 39.1 Å². The number of fused-ring (bicyclic) bond motifs is 3. The minimum atomic E-state index is 0.442. The topological polar surface area (TPSA) is 70.9 Å². The van der Waals surface area contributed by atoms with E-state index in [0.29, 0.717) is 23.8 Å². The Balaban J connectivity index is 1.62. The fraction of sp³-hybridized carbons (Fsp3) is 0.611. The molecule has 134 valence electrons. The van der Waals surface area contributed by atoms with Crippen molar-refractivity contribution in [1.82, 2.24) is 29.3 Å².